The summed E-state index contributed by atoms with van der Waals surface area (Å²) in [6.45, 7) is 6.03. The van der Waals surface area contributed by atoms with Gasteiger partial charge in [-0.15, -0.1) is 11.3 Å². The molecule has 3 rings (SSSR count). The highest BCUT2D eigenvalue weighted by atomic mass is 32.1. The van der Waals surface area contributed by atoms with E-state index in [0.29, 0.717) is 17.7 Å². The van der Waals surface area contributed by atoms with E-state index in [1.54, 1.807) is 11.3 Å². The van der Waals surface area contributed by atoms with Gasteiger partial charge < -0.3 is 9.64 Å². The molecule has 0 spiro atoms. The third-order valence-corrected chi connectivity index (χ3v) is 6.26. The van der Waals surface area contributed by atoms with Crippen molar-refractivity contribution in [2.45, 2.75) is 45.6 Å². The van der Waals surface area contributed by atoms with Crippen LogP contribution in [0.15, 0.2) is 6.07 Å². The fraction of sp³-hybridized carbons (Fsp3) is 0.562. The minimum Gasteiger partial charge on any atom is -0.450 e. The summed E-state index contributed by atoms with van der Waals surface area (Å²) in [6.07, 6.45) is 2.45. The lowest BCUT2D eigenvalue weighted by Crippen LogP contribution is -2.29. The Morgan fingerprint density at radius 2 is 2.13 bits per heavy atom. The van der Waals surface area contributed by atoms with Crippen LogP contribution in [-0.2, 0) is 9.53 Å². The first-order valence-electron chi connectivity index (χ1n) is 8.01. The van der Waals surface area contributed by atoms with Gasteiger partial charge in [-0.2, -0.15) is 0 Å². The first kappa shape index (κ1) is 16.4. The van der Waals surface area contributed by atoms with Gasteiger partial charge in [0.05, 0.1) is 4.70 Å². The zero-order chi connectivity index (χ0) is 16.4. The molecule has 0 bridgehead atoms. The van der Waals surface area contributed by atoms with E-state index in [-0.39, 0.29) is 5.78 Å². The van der Waals surface area contributed by atoms with E-state index in [1.807, 2.05) is 6.07 Å². The van der Waals surface area contributed by atoms with Crippen LogP contribution in [0.25, 0.3) is 9.53 Å². The summed E-state index contributed by atoms with van der Waals surface area (Å²) < 4.78 is 6.40. The average molecular weight is 352 g/mol. The van der Waals surface area contributed by atoms with Crippen LogP contribution in [0.1, 0.15) is 49.2 Å². The van der Waals surface area contributed by atoms with Gasteiger partial charge in [-0.05, 0) is 39.2 Å². The van der Waals surface area contributed by atoms with Crippen LogP contribution in [-0.4, -0.2) is 35.9 Å². The number of carbonyl (C=O) groups excluding carboxylic acids is 2. The van der Waals surface area contributed by atoms with Crippen molar-refractivity contribution in [3.8, 4) is 0 Å². The Kier molecular flexibility index (Phi) is 4.96. The maximum Gasteiger partial charge on any atom is 0.349 e. The molecule has 0 amide bonds. The highest BCUT2D eigenvalue weighted by molar-refractivity contribution is 7.29. The van der Waals surface area contributed by atoms with Gasteiger partial charge >= 0.3 is 5.97 Å². The zero-order valence-electron chi connectivity index (χ0n) is 13.3. The van der Waals surface area contributed by atoms with Gasteiger partial charge in [0, 0.05) is 19.5 Å². The van der Waals surface area contributed by atoms with E-state index in [2.05, 4.69) is 23.7 Å². The quantitative estimate of drug-likeness (QED) is 0.765. The molecule has 23 heavy (non-hydrogen) atoms. The second kappa shape index (κ2) is 6.97. The van der Waals surface area contributed by atoms with E-state index < -0.39 is 12.1 Å². The second-order valence-electron chi connectivity index (χ2n) is 5.55. The summed E-state index contributed by atoms with van der Waals surface area (Å²) in [7, 11) is 0. The highest BCUT2D eigenvalue weighted by Crippen LogP contribution is 2.35. The number of carbonyl (C=O) groups is 2. The summed E-state index contributed by atoms with van der Waals surface area (Å²) in [5, 5.41) is 0.985. The number of anilines is 1. The van der Waals surface area contributed by atoms with Crippen molar-refractivity contribution in [2.75, 3.05) is 18.0 Å². The Balaban J connectivity index is 1.74. The molecule has 0 aromatic carbocycles. The molecule has 1 unspecified atom stereocenters. The molecule has 0 saturated heterocycles. The van der Waals surface area contributed by atoms with Crippen LogP contribution >= 0.6 is 22.7 Å². The minimum absolute atomic E-state index is 0.0462. The topological polar surface area (TPSA) is 59.5 Å². The van der Waals surface area contributed by atoms with Crippen LogP contribution < -0.4 is 4.90 Å². The van der Waals surface area contributed by atoms with Crippen molar-refractivity contribution in [3.63, 3.8) is 0 Å². The number of thiazole rings is 1. The number of esters is 1. The molecule has 2 heterocycles. The molecule has 1 fully saturated rings. The van der Waals surface area contributed by atoms with E-state index in [0.717, 1.165) is 40.6 Å². The third-order valence-electron chi connectivity index (χ3n) is 4.06. The number of hydrogen-bond donors (Lipinski definition) is 0. The number of thiophene rings is 1. The molecule has 2 aromatic heterocycles. The summed E-state index contributed by atoms with van der Waals surface area (Å²) in [4.78, 5) is 32.2. The van der Waals surface area contributed by atoms with Crippen LogP contribution in [0, 0.1) is 0 Å². The van der Waals surface area contributed by atoms with E-state index in [4.69, 9.17) is 4.74 Å². The SMILES string of the molecule is CCN(CC)c1nc2sc(C(=O)OC3CCCCC3=O)cc2s1. The minimum atomic E-state index is -0.560. The highest BCUT2D eigenvalue weighted by Gasteiger charge is 2.27. The Bertz CT molecular complexity index is 687. The normalized spacial score (nSPS) is 18.3. The largest absolute Gasteiger partial charge is 0.450 e. The summed E-state index contributed by atoms with van der Waals surface area (Å²) >= 11 is 2.93. The smallest absolute Gasteiger partial charge is 0.349 e. The lowest BCUT2D eigenvalue weighted by molar-refractivity contribution is -0.129. The number of ether oxygens (including phenoxy) is 1. The Morgan fingerprint density at radius 1 is 1.35 bits per heavy atom. The van der Waals surface area contributed by atoms with Gasteiger partial charge in [-0.1, -0.05) is 11.3 Å². The average Bonchev–Trinajstić information content (AvgIpc) is 3.10. The van der Waals surface area contributed by atoms with Gasteiger partial charge in [0.2, 0.25) is 0 Å². The van der Waals surface area contributed by atoms with Gasteiger partial charge in [0.25, 0.3) is 0 Å². The van der Waals surface area contributed by atoms with Gasteiger partial charge in [-0.3, -0.25) is 4.79 Å². The van der Waals surface area contributed by atoms with E-state index in [1.165, 1.54) is 11.3 Å². The van der Waals surface area contributed by atoms with Crippen molar-refractivity contribution in [1.82, 2.24) is 4.98 Å². The number of fused-ring (bicyclic) bond motifs is 1. The fourth-order valence-electron chi connectivity index (χ4n) is 2.72. The standard InChI is InChI=1S/C16H20N2O3S2/c1-3-18(4-2)16-17-14-12(23-16)9-13(22-14)15(20)21-11-8-6-5-7-10(11)19/h9,11H,3-8H2,1-2H3. The first-order chi connectivity index (χ1) is 11.1. The van der Waals surface area contributed by atoms with Gasteiger partial charge in [0.15, 0.2) is 17.0 Å². The third kappa shape index (κ3) is 3.40. The molecule has 5 nitrogen and oxygen atoms in total. The maximum atomic E-state index is 12.3. The van der Waals surface area contributed by atoms with E-state index >= 15 is 0 Å². The Hall–Kier alpha value is -1.47. The lowest BCUT2D eigenvalue weighted by Gasteiger charge is -2.20. The number of rotatable bonds is 5. The van der Waals surface area contributed by atoms with Crippen molar-refractivity contribution >= 4 is 49.1 Å². The van der Waals surface area contributed by atoms with Crippen molar-refractivity contribution in [1.29, 1.82) is 0 Å². The van der Waals surface area contributed by atoms with Crippen LogP contribution in [0.3, 0.4) is 0 Å². The van der Waals surface area contributed by atoms with E-state index in [9.17, 15) is 9.59 Å². The van der Waals surface area contributed by atoms with Crippen molar-refractivity contribution < 1.29 is 14.3 Å². The Morgan fingerprint density at radius 3 is 2.78 bits per heavy atom. The zero-order valence-corrected chi connectivity index (χ0v) is 15.0. The molecule has 1 atom stereocenters. The van der Waals surface area contributed by atoms with Crippen LogP contribution in [0.4, 0.5) is 5.13 Å². The summed E-state index contributed by atoms with van der Waals surface area (Å²) in [5.74, 6) is -0.352. The van der Waals surface area contributed by atoms with Gasteiger partial charge in [-0.25, -0.2) is 9.78 Å². The fourth-order valence-corrected chi connectivity index (χ4v) is 4.94. The molecule has 1 saturated carbocycles. The van der Waals surface area contributed by atoms with Crippen molar-refractivity contribution in [3.05, 3.63) is 10.9 Å². The number of Topliss-reactive ketones (excluding diaryl/α,β-unsaturated/α-hetero) is 1. The molecule has 7 heteroatoms. The molecule has 0 aliphatic heterocycles. The second-order valence-corrected chi connectivity index (χ2v) is 7.59. The monoisotopic (exact) mass is 352 g/mol. The molecule has 0 radical (unpaired) electrons. The molecule has 1 aliphatic rings. The van der Waals surface area contributed by atoms with Crippen LogP contribution in [0.5, 0.6) is 0 Å². The van der Waals surface area contributed by atoms with Gasteiger partial charge in [0.1, 0.15) is 9.71 Å². The molecular weight excluding hydrogens is 332 g/mol. The number of nitrogens with zero attached hydrogens (tertiary/aromatic N) is 2. The Labute approximate surface area is 143 Å². The molecular formula is C16H20N2O3S2. The number of hydrogen-bond acceptors (Lipinski definition) is 7. The predicted molar refractivity (Wildman–Crippen MR) is 93.7 cm³/mol. The summed E-state index contributed by atoms with van der Waals surface area (Å²) in [5.41, 5.74) is 0. The number of aromatic nitrogens is 1. The number of ketones is 1. The molecule has 124 valence electrons. The first-order valence-corrected chi connectivity index (χ1v) is 9.64. The lowest BCUT2D eigenvalue weighted by atomic mass is 9.96. The molecule has 2 aromatic rings. The molecule has 0 N–H and O–H groups in total. The predicted octanol–water partition coefficient (Wildman–Crippen LogP) is 3.87. The molecule has 1 aliphatic carbocycles. The maximum absolute atomic E-state index is 12.3. The van der Waals surface area contributed by atoms with Crippen molar-refractivity contribution in [2.24, 2.45) is 0 Å². The van der Waals surface area contributed by atoms with Crippen LogP contribution in [0.2, 0.25) is 0 Å². The summed E-state index contributed by atoms with van der Waals surface area (Å²) in [6, 6.07) is 1.83.